The van der Waals surface area contributed by atoms with Crippen LogP contribution in [0.1, 0.15) is 11.1 Å². The van der Waals surface area contributed by atoms with Crippen LogP contribution >= 0.6 is 0 Å². The van der Waals surface area contributed by atoms with Gasteiger partial charge in [0.1, 0.15) is 0 Å². The monoisotopic (exact) mass is 280 g/mol. The highest BCUT2D eigenvalue weighted by Crippen LogP contribution is 2.19. The molecule has 1 heterocycles. The molecule has 2 rings (SSSR count). The highest BCUT2D eigenvalue weighted by molar-refractivity contribution is 6.74. The van der Waals surface area contributed by atoms with Crippen molar-refractivity contribution in [2.75, 3.05) is 6.61 Å². The van der Waals surface area contributed by atoms with Crippen LogP contribution < -0.4 is 10.2 Å². The van der Waals surface area contributed by atoms with Gasteiger partial charge in [0.15, 0.2) is 0 Å². The topological polar surface area (TPSA) is 22.1 Å². The molecule has 0 radical (unpaired) electrons. The van der Waals surface area contributed by atoms with Crippen LogP contribution in [0.2, 0.25) is 0 Å². The van der Waals surface area contributed by atoms with Gasteiger partial charge in [0.2, 0.25) is 0 Å². The van der Waals surface area contributed by atoms with Gasteiger partial charge in [-0.25, -0.2) is 0 Å². The van der Waals surface area contributed by atoms with Gasteiger partial charge in [0, 0.05) is 18.8 Å². The van der Waals surface area contributed by atoms with Crippen LogP contribution in [0.25, 0.3) is 0 Å². The lowest BCUT2D eigenvalue weighted by Gasteiger charge is -2.20. The molecule has 0 fully saturated rings. The van der Waals surface area contributed by atoms with E-state index in [0.29, 0.717) is 12.0 Å². The summed E-state index contributed by atoms with van der Waals surface area (Å²) in [5, 5.41) is 0. The lowest BCUT2D eigenvalue weighted by Crippen LogP contribution is -2.35. The van der Waals surface area contributed by atoms with Crippen LogP contribution in [-0.4, -0.2) is 18.6 Å². The maximum Gasteiger partial charge on any atom is 0.513 e. The van der Waals surface area contributed by atoms with Gasteiger partial charge in [-0.05, 0) is 24.6 Å². The van der Waals surface area contributed by atoms with E-state index in [4.69, 9.17) is 4.74 Å². The number of halogens is 3. The Balaban J connectivity index is 2.06. The molecule has 106 valence electrons. The molecule has 0 aliphatic carbocycles. The standard InChI is InChI=1S/C14H14BF3NO/c1-11-4-5-14(13(9-11)15(16,17)18)20-8-6-12-3-2-7-19-10-12/h2-5,7,9-10H,6,8H2,1H3/q-1. The first-order chi connectivity index (χ1) is 9.47. The number of rotatable bonds is 5. The van der Waals surface area contributed by atoms with Crippen molar-refractivity contribution in [3.63, 3.8) is 0 Å². The smallest absolute Gasteiger partial charge is 0.496 e. The second kappa shape index (κ2) is 5.99. The maximum atomic E-state index is 13.0. The van der Waals surface area contributed by atoms with E-state index in [0.717, 1.165) is 11.6 Å². The molecule has 0 atom stereocenters. The predicted molar refractivity (Wildman–Crippen MR) is 73.3 cm³/mol. The van der Waals surface area contributed by atoms with Crippen molar-refractivity contribution < 1.29 is 17.7 Å². The number of aryl methyl sites for hydroxylation is 1. The highest BCUT2D eigenvalue weighted by atomic mass is 19.4. The van der Waals surface area contributed by atoms with Gasteiger partial charge < -0.3 is 17.7 Å². The molecule has 0 spiro atoms. The van der Waals surface area contributed by atoms with Crippen LogP contribution in [0, 0.1) is 6.92 Å². The number of aromatic nitrogens is 1. The summed E-state index contributed by atoms with van der Waals surface area (Å²) in [7, 11) is 0. The van der Waals surface area contributed by atoms with Crippen LogP contribution in [0.5, 0.6) is 5.75 Å². The third kappa shape index (κ3) is 3.76. The lowest BCUT2D eigenvalue weighted by atomic mass is 9.78. The quantitative estimate of drug-likeness (QED) is 0.785. The molecule has 0 saturated carbocycles. The van der Waals surface area contributed by atoms with Gasteiger partial charge in [0.25, 0.3) is 0 Å². The van der Waals surface area contributed by atoms with Crippen molar-refractivity contribution in [3.05, 3.63) is 53.9 Å². The first-order valence-electron chi connectivity index (χ1n) is 6.29. The maximum absolute atomic E-state index is 13.0. The van der Waals surface area contributed by atoms with Crippen LogP contribution in [0.15, 0.2) is 42.7 Å². The largest absolute Gasteiger partial charge is 0.513 e. The second-order valence-corrected chi connectivity index (χ2v) is 4.58. The SMILES string of the molecule is Cc1ccc(OCCc2cccnc2)c([B-](F)(F)F)c1. The number of nitrogens with zero attached hydrogens (tertiary/aromatic N) is 1. The minimum absolute atomic E-state index is 0.105. The van der Waals surface area contributed by atoms with E-state index >= 15 is 0 Å². The average molecular weight is 280 g/mol. The third-order valence-corrected chi connectivity index (χ3v) is 2.89. The summed E-state index contributed by atoms with van der Waals surface area (Å²) in [6, 6.07) is 7.76. The zero-order valence-electron chi connectivity index (χ0n) is 11.0. The molecular weight excluding hydrogens is 266 g/mol. The predicted octanol–water partition coefficient (Wildman–Crippen LogP) is 3.07. The Labute approximate surface area is 115 Å². The second-order valence-electron chi connectivity index (χ2n) is 4.58. The van der Waals surface area contributed by atoms with Gasteiger partial charge in [-0.3, -0.25) is 4.98 Å². The normalized spacial score (nSPS) is 11.4. The molecule has 2 nitrogen and oxygen atoms in total. The van der Waals surface area contributed by atoms with E-state index in [-0.39, 0.29) is 12.4 Å². The number of benzene rings is 1. The summed E-state index contributed by atoms with van der Waals surface area (Å²) in [6.45, 7) is -3.25. The number of pyridine rings is 1. The van der Waals surface area contributed by atoms with Gasteiger partial charge >= 0.3 is 6.98 Å². The van der Waals surface area contributed by atoms with E-state index in [1.165, 1.54) is 6.07 Å². The first-order valence-corrected chi connectivity index (χ1v) is 6.29. The number of hydrogen-bond donors (Lipinski definition) is 0. The fourth-order valence-electron chi connectivity index (χ4n) is 1.88. The average Bonchev–Trinajstić information content (AvgIpc) is 2.40. The molecule has 2 aromatic rings. The van der Waals surface area contributed by atoms with Gasteiger partial charge in [-0.1, -0.05) is 29.2 Å². The fraction of sp³-hybridized carbons (Fsp3) is 0.214. The Kier molecular flexibility index (Phi) is 4.32. The van der Waals surface area contributed by atoms with Gasteiger partial charge in [-0.2, -0.15) is 0 Å². The summed E-state index contributed by atoms with van der Waals surface area (Å²) in [5.41, 5.74) is 0.827. The van der Waals surface area contributed by atoms with Crippen molar-refractivity contribution in [2.24, 2.45) is 0 Å². The summed E-state index contributed by atoms with van der Waals surface area (Å²) in [4.78, 5) is 3.95. The van der Waals surface area contributed by atoms with Crippen molar-refractivity contribution in [3.8, 4) is 5.75 Å². The van der Waals surface area contributed by atoms with Crippen LogP contribution in [0.3, 0.4) is 0 Å². The van der Waals surface area contributed by atoms with E-state index in [1.807, 2.05) is 6.07 Å². The van der Waals surface area contributed by atoms with Crippen molar-refractivity contribution in [2.45, 2.75) is 13.3 Å². The van der Waals surface area contributed by atoms with Gasteiger partial charge in [-0.15, -0.1) is 0 Å². The Morgan fingerprint density at radius 2 is 2.00 bits per heavy atom. The van der Waals surface area contributed by atoms with E-state index in [1.54, 1.807) is 31.5 Å². The molecule has 0 unspecified atom stereocenters. The Morgan fingerprint density at radius 1 is 1.20 bits per heavy atom. The summed E-state index contributed by atoms with van der Waals surface area (Å²) >= 11 is 0. The Morgan fingerprint density at radius 3 is 2.65 bits per heavy atom. The van der Waals surface area contributed by atoms with Gasteiger partial charge in [0.05, 0.1) is 12.4 Å². The Hall–Kier alpha value is -1.98. The van der Waals surface area contributed by atoms with Crippen LogP contribution in [-0.2, 0) is 6.42 Å². The molecular formula is C14H14BF3NO-. The molecule has 1 aromatic heterocycles. The lowest BCUT2D eigenvalue weighted by molar-refractivity contribution is 0.322. The zero-order valence-corrected chi connectivity index (χ0v) is 11.0. The fourth-order valence-corrected chi connectivity index (χ4v) is 1.88. The molecule has 6 heteroatoms. The first kappa shape index (κ1) is 14.4. The minimum atomic E-state index is -5.07. The summed E-state index contributed by atoms with van der Waals surface area (Å²) in [5.74, 6) is -0.105. The molecule has 0 amide bonds. The number of hydrogen-bond acceptors (Lipinski definition) is 2. The van der Waals surface area contributed by atoms with E-state index in [9.17, 15) is 12.9 Å². The molecule has 0 saturated heterocycles. The van der Waals surface area contributed by atoms with Crippen LogP contribution in [0.4, 0.5) is 12.9 Å². The summed E-state index contributed by atoms with van der Waals surface area (Å²) < 4.78 is 44.1. The Bertz CT molecular complexity index is 572. The molecule has 0 N–H and O–H groups in total. The van der Waals surface area contributed by atoms with E-state index < -0.39 is 12.4 Å². The minimum Gasteiger partial charge on any atom is -0.496 e. The molecule has 0 aliphatic rings. The summed E-state index contributed by atoms with van der Waals surface area (Å²) in [6.07, 6.45) is 3.84. The molecule has 20 heavy (non-hydrogen) atoms. The third-order valence-electron chi connectivity index (χ3n) is 2.89. The van der Waals surface area contributed by atoms with Crippen molar-refractivity contribution in [1.29, 1.82) is 0 Å². The zero-order chi connectivity index (χ0) is 14.6. The molecule has 1 aromatic carbocycles. The van der Waals surface area contributed by atoms with Crippen molar-refractivity contribution >= 4 is 12.4 Å². The molecule has 0 bridgehead atoms. The highest BCUT2D eigenvalue weighted by Gasteiger charge is 2.29. The van der Waals surface area contributed by atoms with E-state index in [2.05, 4.69) is 4.98 Å². The number of ether oxygens (including phenoxy) is 1. The van der Waals surface area contributed by atoms with Crippen molar-refractivity contribution in [1.82, 2.24) is 4.98 Å². The molecule has 0 aliphatic heterocycles.